The van der Waals surface area contributed by atoms with E-state index in [0.29, 0.717) is 16.9 Å². The quantitative estimate of drug-likeness (QED) is 0.866. The van der Waals surface area contributed by atoms with Crippen molar-refractivity contribution in [1.82, 2.24) is 5.32 Å². The molecule has 2 amide bonds. The highest BCUT2D eigenvalue weighted by atomic mass is 19.1. The lowest BCUT2D eigenvalue weighted by Gasteiger charge is -2.18. The van der Waals surface area contributed by atoms with Gasteiger partial charge in [0, 0.05) is 24.3 Å². The third-order valence-electron chi connectivity index (χ3n) is 4.48. The van der Waals surface area contributed by atoms with E-state index in [1.807, 2.05) is 24.0 Å². The summed E-state index contributed by atoms with van der Waals surface area (Å²) in [5, 5.41) is 5.19. The number of hydrogen-bond donors (Lipinski definition) is 2. The number of nitrogens with zero attached hydrogens (tertiary/aromatic N) is 1. The lowest BCUT2D eigenvalue weighted by Crippen LogP contribution is -2.33. The van der Waals surface area contributed by atoms with E-state index in [1.165, 1.54) is 6.07 Å². The third kappa shape index (κ3) is 4.20. The average Bonchev–Trinajstić information content (AvgIpc) is 3.14. The molecule has 1 fully saturated rings. The summed E-state index contributed by atoms with van der Waals surface area (Å²) < 4.78 is 14.3. The van der Waals surface area contributed by atoms with Crippen molar-refractivity contribution in [2.24, 2.45) is 0 Å². The summed E-state index contributed by atoms with van der Waals surface area (Å²) >= 11 is 0. The molecule has 1 aliphatic heterocycles. The van der Waals surface area contributed by atoms with Gasteiger partial charge in [0.1, 0.15) is 5.82 Å². The summed E-state index contributed by atoms with van der Waals surface area (Å²) in [6.45, 7) is 3.36. The number of amides is 2. The van der Waals surface area contributed by atoms with Gasteiger partial charge < -0.3 is 15.5 Å². The van der Waals surface area contributed by atoms with Crippen molar-refractivity contribution < 1.29 is 14.0 Å². The fourth-order valence-electron chi connectivity index (χ4n) is 3.09. The number of benzene rings is 2. The molecule has 1 saturated heterocycles. The molecule has 2 N–H and O–H groups in total. The van der Waals surface area contributed by atoms with E-state index in [-0.39, 0.29) is 18.3 Å². The molecule has 0 aromatic heterocycles. The van der Waals surface area contributed by atoms with Gasteiger partial charge in [-0.05, 0) is 49.6 Å². The SMILES string of the molecule is Cc1ccccc1C(=O)NCC(=O)Nc1ccc(N2CCCC2)c(F)c1. The Morgan fingerprint density at radius 3 is 2.54 bits per heavy atom. The van der Waals surface area contributed by atoms with Gasteiger partial charge in [-0.3, -0.25) is 9.59 Å². The van der Waals surface area contributed by atoms with Crippen LogP contribution in [0.2, 0.25) is 0 Å². The zero-order valence-corrected chi connectivity index (χ0v) is 14.7. The normalized spacial score (nSPS) is 13.5. The van der Waals surface area contributed by atoms with E-state index in [1.54, 1.807) is 24.3 Å². The number of rotatable bonds is 5. The second-order valence-corrected chi connectivity index (χ2v) is 6.41. The predicted molar refractivity (Wildman–Crippen MR) is 100.0 cm³/mol. The first-order chi connectivity index (χ1) is 12.5. The Kier molecular flexibility index (Phi) is 5.51. The zero-order valence-electron chi connectivity index (χ0n) is 14.7. The number of carbonyl (C=O) groups excluding carboxylic acids is 2. The minimum absolute atomic E-state index is 0.178. The number of carbonyl (C=O) groups is 2. The first kappa shape index (κ1) is 17.9. The van der Waals surface area contributed by atoms with Crippen molar-refractivity contribution >= 4 is 23.2 Å². The Hall–Kier alpha value is -2.89. The standard InChI is InChI=1S/C20H22FN3O2/c1-14-6-2-3-7-16(14)20(26)22-13-19(25)23-15-8-9-18(17(21)12-15)24-10-4-5-11-24/h2-3,6-9,12H,4-5,10-11,13H2,1H3,(H,22,26)(H,23,25). The largest absolute Gasteiger partial charge is 0.369 e. The molecule has 0 unspecified atom stereocenters. The van der Waals surface area contributed by atoms with Crippen LogP contribution in [-0.2, 0) is 4.79 Å². The monoisotopic (exact) mass is 355 g/mol. The molecular weight excluding hydrogens is 333 g/mol. The molecule has 0 bridgehead atoms. The Morgan fingerprint density at radius 2 is 1.85 bits per heavy atom. The van der Waals surface area contributed by atoms with Gasteiger partial charge in [-0.2, -0.15) is 0 Å². The van der Waals surface area contributed by atoms with Gasteiger partial charge in [-0.15, -0.1) is 0 Å². The van der Waals surface area contributed by atoms with Gasteiger partial charge in [0.15, 0.2) is 0 Å². The van der Waals surface area contributed by atoms with Gasteiger partial charge in [0.25, 0.3) is 5.91 Å². The first-order valence-electron chi connectivity index (χ1n) is 8.73. The van der Waals surface area contributed by atoms with E-state index in [0.717, 1.165) is 31.5 Å². The molecule has 2 aromatic rings. The molecule has 26 heavy (non-hydrogen) atoms. The minimum atomic E-state index is -0.403. The summed E-state index contributed by atoms with van der Waals surface area (Å²) in [6, 6.07) is 11.8. The number of hydrogen-bond acceptors (Lipinski definition) is 3. The van der Waals surface area contributed by atoms with Crippen LogP contribution in [0.5, 0.6) is 0 Å². The fraction of sp³-hybridized carbons (Fsp3) is 0.300. The number of halogens is 1. The van der Waals surface area contributed by atoms with Gasteiger partial charge in [-0.25, -0.2) is 4.39 Å². The highest BCUT2D eigenvalue weighted by Crippen LogP contribution is 2.26. The molecular formula is C20H22FN3O2. The van der Waals surface area contributed by atoms with Crippen LogP contribution in [0.4, 0.5) is 15.8 Å². The summed E-state index contributed by atoms with van der Waals surface area (Å²) in [5.74, 6) is -1.07. The maximum absolute atomic E-state index is 14.3. The maximum Gasteiger partial charge on any atom is 0.251 e. The van der Waals surface area contributed by atoms with E-state index < -0.39 is 5.91 Å². The van der Waals surface area contributed by atoms with Crippen molar-refractivity contribution in [1.29, 1.82) is 0 Å². The maximum atomic E-state index is 14.3. The topological polar surface area (TPSA) is 61.4 Å². The molecule has 136 valence electrons. The van der Waals surface area contributed by atoms with Gasteiger partial charge in [0.2, 0.25) is 5.91 Å². The van der Waals surface area contributed by atoms with Gasteiger partial charge in [-0.1, -0.05) is 18.2 Å². The molecule has 6 heteroatoms. The zero-order chi connectivity index (χ0) is 18.5. The minimum Gasteiger partial charge on any atom is -0.369 e. The average molecular weight is 355 g/mol. The third-order valence-corrected chi connectivity index (χ3v) is 4.48. The number of nitrogens with one attached hydrogen (secondary N) is 2. The van der Waals surface area contributed by atoms with Crippen LogP contribution >= 0.6 is 0 Å². The second kappa shape index (κ2) is 7.99. The van der Waals surface area contributed by atoms with E-state index in [4.69, 9.17) is 0 Å². The van der Waals surface area contributed by atoms with E-state index in [2.05, 4.69) is 10.6 Å². The highest BCUT2D eigenvalue weighted by molar-refractivity contribution is 6.00. The van der Waals surface area contributed by atoms with Crippen LogP contribution in [0.1, 0.15) is 28.8 Å². The van der Waals surface area contributed by atoms with Crippen LogP contribution < -0.4 is 15.5 Å². The molecule has 0 spiro atoms. The molecule has 1 aliphatic rings. The molecule has 2 aromatic carbocycles. The Bertz CT molecular complexity index is 816. The van der Waals surface area contributed by atoms with Crippen molar-refractivity contribution in [2.45, 2.75) is 19.8 Å². The smallest absolute Gasteiger partial charge is 0.251 e. The molecule has 0 aliphatic carbocycles. The van der Waals surface area contributed by atoms with Crippen molar-refractivity contribution in [3.63, 3.8) is 0 Å². The lowest BCUT2D eigenvalue weighted by atomic mass is 10.1. The predicted octanol–water partition coefficient (Wildman–Crippen LogP) is 3.10. The Morgan fingerprint density at radius 1 is 1.12 bits per heavy atom. The second-order valence-electron chi connectivity index (χ2n) is 6.41. The molecule has 3 rings (SSSR count). The summed E-state index contributed by atoms with van der Waals surface area (Å²) in [7, 11) is 0. The molecule has 1 heterocycles. The highest BCUT2D eigenvalue weighted by Gasteiger charge is 2.17. The van der Waals surface area contributed by atoms with Crippen LogP contribution in [0.3, 0.4) is 0 Å². The van der Waals surface area contributed by atoms with Crippen LogP contribution in [0.25, 0.3) is 0 Å². The summed E-state index contributed by atoms with van der Waals surface area (Å²) in [6.07, 6.45) is 2.14. The summed E-state index contributed by atoms with van der Waals surface area (Å²) in [4.78, 5) is 26.1. The molecule has 0 saturated carbocycles. The van der Waals surface area contributed by atoms with Crippen LogP contribution in [0.15, 0.2) is 42.5 Å². The van der Waals surface area contributed by atoms with Crippen molar-refractivity contribution in [2.75, 3.05) is 29.9 Å². The van der Waals surface area contributed by atoms with Gasteiger partial charge in [0.05, 0.1) is 12.2 Å². The van der Waals surface area contributed by atoms with Crippen molar-refractivity contribution in [3.8, 4) is 0 Å². The van der Waals surface area contributed by atoms with E-state index in [9.17, 15) is 14.0 Å². The van der Waals surface area contributed by atoms with Gasteiger partial charge >= 0.3 is 0 Å². The molecule has 5 nitrogen and oxygen atoms in total. The van der Waals surface area contributed by atoms with Crippen LogP contribution in [-0.4, -0.2) is 31.4 Å². The lowest BCUT2D eigenvalue weighted by molar-refractivity contribution is -0.115. The number of anilines is 2. The van der Waals surface area contributed by atoms with E-state index >= 15 is 0 Å². The fourth-order valence-corrected chi connectivity index (χ4v) is 3.09. The van der Waals surface area contributed by atoms with Crippen LogP contribution in [0, 0.1) is 12.7 Å². The van der Waals surface area contributed by atoms with Crippen molar-refractivity contribution in [3.05, 3.63) is 59.4 Å². The Labute approximate surface area is 152 Å². The Balaban J connectivity index is 1.55. The molecule has 0 radical (unpaired) electrons. The first-order valence-corrected chi connectivity index (χ1v) is 8.73. The summed E-state index contributed by atoms with van der Waals surface area (Å²) in [5.41, 5.74) is 2.31. The molecule has 0 atom stereocenters. The number of aryl methyl sites for hydroxylation is 1.